The Balaban J connectivity index is 1.62. The van der Waals surface area contributed by atoms with Crippen molar-refractivity contribution < 1.29 is 18.9 Å². The fraction of sp³-hybridized carbons (Fsp3) is 0. The smallest absolute Gasteiger partial charge is 0.298 e. The molecule has 0 saturated carbocycles. The minimum Gasteiger partial charge on any atom is -0.457 e. The van der Waals surface area contributed by atoms with Crippen LogP contribution in [0.4, 0.5) is 16.2 Å². The number of imide groups is 1. The second-order valence-corrected chi connectivity index (χ2v) is 7.38. The predicted molar refractivity (Wildman–Crippen MR) is 111 cm³/mol. The van der Waals surface area contributed by atoms with Gasteiger partial charge in [-0.1, -0.05) is 29.8 Å². The lowest BCUT2D eigenvalue weighted by Crippen LogP contribution is -2.27. The van der Waals surface area contributed by atoms with Gasteiger partial charge in [-0.2, -0.15) is 0 Å². The third-order valence-electron chi connectivity index (χ3n) is 4.14. The molecule has 0 radical (unpaired) electrons. The highest BCUT2D eigenvalue weighted by Gasteiger charge is 2.36. The van der Waals surface area contributed by atoms with Gasteiger partial charge >= 0.3 is 0 Å². The Morgan fingerprint density at radius 3 is 2.55 bits per heavy atom. The number of halogens is 1. The maximum Gasteiger partial charge on any atom is 0.298 e. The van der Waals surface area contributed by atoms with Crippen LogP contribution in [0.5, 0.6) is 0 Å². The van der Waals surface area contributed by atoms with E-state index in [1.54, 1.807) is 48.5 Å². The molecular weight excluding hydrogens is 416 g/mol. The maximum atomic E-state index is 12.6. The molecule has 0 N–H and O–H groups in total. The number of thioether (sulfide) groups is 1. The molecule has 3 aromatic rings. The van der Waals surface area contributed by atoms with Gasteiger partial charge in [0, 0.05) is 17.7 Å². The molecule has 1 saturated heterocycles. The van der Waals surface area contributed by atoms with E-state index in [9.17, 15) is 19.7 Å². The largest absolute Gasteiger partial charge is 0.457 e. The number of hydrogen-bond acceptors (Lipinski definition) is 6. The summed E-state index contributed by atoms with van der Waals surface area (Å²) in [6.45, 7) is 0. The van der Waals surface area contributed by atoms with Gasteiger partial charge in [0.15, 0.2) is 0 Å². The third kappa shape index (κ3) is 3.67. The van der Waals surface area contributed by atoms with Gasteiger partial charge in [-0.05, 0) is 48.2 Å². The molecule has 2 amide bonds. The fourth-order valence-electron chi connectivity index (χ4n) is 2.79. The van der Waals surface area contributed by atoms with Gasteiger partial charge in [0.25, 0.3) is 16.8 Å². The van der Waals surface area contributed by atoms with Gasteiger partial charge in [-0.3, -0.25) is 19.7 Å². The monoisotopic (exact) mass is 426 g/mol. The Bertz CT molecular complexity index is 1170. The molecule has 0 spiro atoms. The van der Waals surface area contributed by atoms with Gasteiger partial charge in [0.1, 0.15) is 16.5 Å². The van der Waals surface area contributed by atoms with E-state index in [0.29, 0.717) is 22.8 Å². The maximum absolute atomic E-state index is 12.6. The highest BCUT2D eigenvalue weighted by atomic mass is 35.5. The Labute approximate surface area is 173 Å². The van der Waals surface area contributed by atoms with E-state index < -0.39 is 16.1 Å². The molecule has 1 aliphatic heterocycles. The lowest BCUT2D eigenvalue weighted by atomic mass is 10.1. The Morgan fingerprint density at radius 1 is 1.07 bits per heavy atom. The number of amides is 2. The molecule has 0 unspecified atom stereocenters. The van der Waals surface area contributed by atoms with E-state index >= 15 is 0 Å². The lowest BCUT2D eigenvalue weighted by Gasteiger charge is -2.11. The van der Waals surface area contributed by atoms with Crippen LogP contribution in [0, 0.1) is 10.1 Å². The summed E-state index contributed by atoms with van der Waals surface area (Å²) in [7, 11) is 0. The van der Waals surface area contributed by atoms with Gasteiger partial charge in [0.2, 0.25) is 0 Å². The molecule has 2 heterocycles. The van der Waals surface area contributed by atoms with Crippen molar-refractivity contribution in [1.82, 2.24) is 0 Å². The first-order valence-electron chi connectivity index (χ1n) is 8.31. The van der Waals surface area contributed by atoms with Crippen LogP contribution in [0.2, 0.25) is 5.02 Å². The molecule has 0 atom stereocenters. The average Bonchev–Trinajstić information content (AvgIpc) is 3.27. The normalized spacial score (nSPS) is 15.3. The molecule has 1 aliphatic rings. The highest BCUT2D eigenvalue weighted by Crippen LogP contribution is 2.37. The molecule has 144 valence electrons. The van der Waals surface area contributed by atoms with Crippen molar-refractivity contribution in [1.29, 1.82) is 0 Å². The Kier molecular flexibility index (Phi) is 4.96. The van der Waals surface area contributed by atoms with Crippen molar-refractivity contribution in [2.75, 3.05) is 4.90 Å². The number of rotatable bonds is 4. The molecular formula is C20H11ClN2O5S. The van der Waals surface area contributed by atoms with Crippen LogP contribution in [-0.2, 0) is 4.79 Å². The Morgan fingerprint density at radius 2 is 1.83 bits per heavy atom. The second kappa shape index (κ2) is 7.57. The summed E-state index contributed by atoms with van der Waals surface area (Å²) >= 11 is 6.65. The third-order valence-corrected chi connectivity index (χ3v) is 5.32. The molecule has 2 aromatic carbocycles. The predicted octanol–water partition coefficient (Wildman–Crippen LogP) is 5.75. The molecule has 1 aromatic heterocycles. The first kappa shape index (κ1) is 19.0. The van der Waals surface area contributed by atoms with Crippen LogP contribution >= 0.6 is 23.4 Å². The lowest BCUT2D eigenvalue weighted by molar-refractivity contribution is -0.384. The van der Waals surface area contributed by atoms with Crippen molar-refractivity contribution in [3.05, 3.63) is 86.5 Å². The number of anilines is 1. The Hall–Kier alpha value is -3.36. The summed E-state index contributed by atoms with van der Waals surface area (Å²) in [5.41, 5.74) is 0.733. The number of nitrogens with zero attached hydrogens (tertiary/aromatic N) is 2. The van der Waals surface area contributed by atoms with Gasteiger partial charge < -0.3 is 4.42 Å². The summed E-state index contributed by atoms with van der Waals surface area (Å²) in [6.07, 6.45) is 1.47. The number of benzene rings is 2. The minimum absolute atomic E-state index is 0.0279. The topological polar surface area (TPSA) is 93.7 Å². The first-order chi connectivity index (χ1) is 13.9. The van der Waals surface area contributed by atoms with E-state index in [4.69, 9.17) is 16.0 Å². The standard InChI is InChI=1S/C20H11ClN2O5S/c21-15-8-6-12(10-16(15)23(26)27)17-9-7-14(28-17)11-18-19(24)22(20(25)29-18)13-4-2-1-3-5-13/h1-11H/b18-11+. The summed E-state index contributed by atoms with van der Waals surface area (Å²) in [4.78, 5) is 36.7. The quantitative estimate of drug-likeness (QED) is 0.299. The molecule has 1 fully saturated rings. The number of nitro benzene ring substituents is 1. The van der Waals surface area contributed by atoms with Gasteiger partial charge in [-0.15, -0.1) is 0 Å². The zero-order valence-corrected chi connectivity index (χ0v) is 16.1. The SMILES string of the molecule is O=C1S/C(=C/c2ccc(-c3ccc(Cl)c([N+](=O)[O-])c3)o2)C(=O)N1c1ccccc1. The molecule has 9 heteroatoms. The van der Waals surface area contributed by atoms with Crippen molar-refractivity contribution in [3.63, 3.8) is 0 Å². The van der Waals surface area contributed by atoms with E-state index in [1.165, 1.54) is 18.2 Å². The van der Waals surface area contributed by atoms with Gasteiger partial charge in [-0.25, -0.2) is 4.90 Å². The van der Waals surface area contributed by atoms with Crippen molar-refractivity contribution >= 4 is 52.0 Å². The zero-order valence-electron chi connectivity index (χ0n) is 14.6. The molecule has 0 bridgehead atoms. The number of hydrogen-bond donors (Lipinski definition) is 0. The minimum atomic E-state index is -0.574. The average molecular weight is 427 g/mol. The van der Waals surface area contributed by atoms with Crippen LogP contribution in [0.25, 0.3) is 17.4 Å². The summed E-state index contributed by atoms with van der Waals surface area (Å²) in [5, 5.41) is 10.7. The van der Waals surface area contributed by atoms with E-state index in [-0.39, 0.29) is 15.6 Å². The molecule has 29 heavy (non-hydrogen) atoms. The fourth-order valence-corrected chi connectivity index (χ4v) is 3.80. The van der Waals surface area contributed by atoms with Crippen molar-refractivity contribution in [2.24, 2.45) is 0 Å². The number of carbonyl (C=O) groups excluding carboxylic acids is 2. The number of carbonyl (C=O) groups is 2. The van der Waals surface area contributed by atoms with Crippen LogP contribution < -0.4 is 4.90 Å². The van der Waals surface area contributed by atoms with E-state index in [2.05, 4.69) is 0 Å². The van der Waals surface area contributed by atoms with Crippen molar-refractivity contribution in [3.8, 4) is 11.3 Å². The molecule has 4 rings (SSSR count). The summed E-state index contributed by atoms with van der Waals surface area (Å²) in [6, 6.07) is 16.2. The number of para-hydroxylation sites is 1. The van der Waals surface area contributed by atoms with Crippen LogP contribution in [0.3, 0.4) is 0 Å². The molecule has 0 aliphatic carbocycles. The first-order valence-corrected chi connectivity index (χ1v) is 9.50. The van der Waals surface area contributed by atoms with Gasteiger partial charge in [0.05, 0.1) is 15.5 Å². The summed E-state index contributed by atoms with van der Waals surface area (Å²) in [5.74, 6) is 0.278. The van der Waals surface area contributed by atoms with Crippen molar-refractivity contribution in [2.45, 2.75) is 0 Å². The van der Waals surface area contributed by atoms with Crippen LogP contribution in [-0.4, -0.2) is 16.1 Å². The van der Waals surface area contributed by atoms with E-state index in [0.717, 1.165) is 16.7 Å². The number of nitro groups is 1. The summed E-state index contributed by atoms with van der Waals surface area (Å²) < 4.78 is 5.69. The second-order valence-electron chi connectivity index (χ2n) is 5.98. The zero-order chi connectivity index (χ0) is 20.5. The van der Waals surface area contributed by atoms with Crippen LogP contribution in [0.15, 0.2) is 70.0 Å². The molecule has 7 nitrogen and oxygen atoms in total. The van der Waals surface area contributed by atoms with Crippen LogP contribution in [0.1, 0.15) is 5.76 Å². The van der Waals surface area contributed by atoms with E-state index in [1.807, 2.05) is 0 Å². The highest BCUT2D eigenvalue weighted by molar-refractivity contribution is 8.19. The number of furan rings is 1.